The highest BCUT2D eigenvalue weighted by Crippen LogP contribution is 2.28. The van der Waals surface area contributed by atoms with E-state index < -0.39 is 32.7 Å². The number of aromatic nitrogens is 9. The summed E-state index contributed by atoms with van der Waals surface area (Å²) in [7, 11) is 5.50. The molecule has 6 aromatic rings. The first kappa shape index (κ1) is 34.3. The molecule has 0 aliphatic rings. The van der Waals surface area contributed by atoms with Crippen molar-refractivity contribution in [1.82, 2.24) is 44.0 Å². The van der Waals surface area contributed by atoms with Crippen LogP contribution in [0.5, 0.6) is 0 Å². The molecule has 0 spiro atoms. The first-order valence-corrected chi connectivity index (χ1v) is 13.0. The van der Waals surface area contributed by atoms with Gasteiger partial charge in [0, 0.05) is 14.1 Å². The second-order valence-corrected chi connectivity index (χ2v) is 9.27. The van der Waals surface area contributed by atoms with E-state index in [1.165, 1.54) is 42.8 Å². The lowest BCUT2D eigenvalue weighted by Gasteiger charge is -2.01. The lowest BCUT2D eigenvalue weighted by molar-refractivity contribution is -0.383. The molecule has 0 radical (unpaired) electrons. The van der Waals surface area contributed by atoms with Crippen molar-refractivity contribution in [2.45, 2.75) is 0 Å². The maximum atomic E-state index is 11.5. The van der Waals surface area contributed by atoms with Gasteiger partial charge in [0.15, 0.2) is 33.6 Å². The number of carboxylic acids is 1. The number of methoxy groups -OCH3 is 2. The van der Waals surface area contributed by atoms with Crippen molar-refractivity contribution in [3.8, 4) is 0 Å². The molecule has 6 heterocycles. The van der Waals surface area contributed by atoms with Crippen LogP contribution in [0.1, 0.15) is 31.5 Å². The Bertz CT molecular complexity index is 2310. The van der Waals surface area contributed by atoms with Crippen molar-refractivity contribution in [2.24, 2.45) is 14.1 Å². The predicted molar refractivity (Wildman–Crippen MR) is 161 cm³/mol. The molecule has 2 N–H and O–H groups in total. The zero-order valence-corrected chi connectivity index (χ0v) is 25.3. The molecule has 0 amide bonds. The molecule has 0 fully saturated rings. The summed E-state index contributed by atoms with van der Waals surface area (Å²) in [5.41, 5.74) is -0.0312. The molecular weight excluding hydrogens is 660 g/mol. The Morgan fingerprint density at radius 1 is 0.673 bits per heavy atom. The number of carbonyl (C=O) groups is 3. The topological polar surface area (TPSA) is 322 Å². The zero-order chi connectivity index (χ0) is 36.2. The SMILES string of the molecule is COC(=O)c1ncnc2c([N+](=O)[O-])c[nH]c12.COC(=O)c1ncnc2c([N+](=O)[O-])cn(C)c12.Cn1cc([N+](=O)[O-])c2ncnc(C(=O)O)c21. The lowest BCUT2D eigenvalue weighted by Crippen LogP contribution is -2.07. The maximum Gasteiger partial charge on any atom is 0.358 e. The number of hydrogen-bond acceptors (Lipinski definition) is 17. The van der Waals surface area contributed by atoms with E-state index in [1.54, 1.807) is 7.05 Å². The Hall–Kier alpha value is -7.53. The number of nitrogens with zero attached hydrogens (tertiary/aromatic N) is 11. The Labute approximate surface area is 269 Å². The molecule has 252 valence electrons. The number of ether oxygens (including phenoxy) is 2. The Kier molecular flexibility index (Phi) is 9.71. The van der Waals surface area contributed by atoms with E-state index in [0.29, 0.717) is 0 Å². The molecule has 0 aromatic carbocycles. The molecule has 0 unspecified atom stereocenters. The molecule has 0 aliphatic carbocycles. The fourth-order valence-electron chi connectivity index (χ4n) is 4.40. The molecule has 0 saturated carbocycles. The van der Waals surface area contributed by atoms with Gasteiger partial charge in [0.2, 0.25) is 0 Å². The van der Waals surface area contributed by atoms with Gasteiger partial charge in [0.05, 0.1) is 47.6 Å². The average molecular weight is 681 g/mol. The van der Waals surface area contributed by atoms with Crippen LogP contribution in [-0.2, 0) is 23.6 Å². The van der Waals surface area contributed by atoms with Gasteiger partial charge >= 0.3 is 35.0 Å². The lowest BCUT2D eigenvalue weighted by atomic mass is 10.3. The zero-order valence-electron chi connectivity index (χ0n) is 25.3. The predicted octanol–water partition coefficient (Wildman–Crippen LogP) is 1.89. The van der Waals surface area contributed by atoms with Gasteiger partial charge in [-0.1, -0.05) is 0 Å². The largest absolute Gasteiger partial charge is 0.476 e. The molecule has 24 nitrogen and oxygen atoms in total. The van der Waals surface area contributed by atoms with Gasteiger partial charge < -0.3 is 28.7 Å². The molecule has 0 bridgehead atoms. The molecule has 49 heavy (non-hydrogen) atoms. The van der Waals surface area contributed by atoms with Gasteiger partial charge in [0.25, 0.3) is 0 Å². The summed E-state index contributed by atoms with van der Waals surface area (Å²) in [6.07, 6.45) is 6.83. The van der Waals surface area contributed by atoms with Gasteiger partial charge in [-0.2, -0.15) is 0 Å². The van der Waals surface area contributed by atoms with Crippen molar-refractivity contribution in [3.63, 3.8) is 0 Å². The van der Waals surface area contributed by atoms with Gasteiger partial charge in [-0.05, 0) is 0 Å². The van der Waals surface area contributed by atoms with Crippen molar-refractivity contribution in [3.05, 3.63) is 85.0 Å². The van der Waals surface area contributed by atoms with E-state index in [2.05, 4.69) is 44.4 Å². The minimum Gasteiger partial charge on any atom is -0.476 e. The molecule has 0 atom stereocenters. The second-order valence-electron chi connectivity index (χ2n) is 9.27. The van der Waals surface area contributed by atoms with Gasteiger partial charge in [-0.3, -0.25) is 30.3 Å². The first-order chi connectivity index (χ1) is 23.2. The van der Waals surface area contributed by atoms with Crippen molar-refractivity contribution >= 4 is 68.1 Å². The minimum atomic E-state index is -1.25. The highest BCUT2D eigenvalue weighted by Gasteiger charge is 2.25. The number of aromatic amines is 1. The van der Waals surface area contributed by atoms with E-state index in [4.69, 9.17) is 5.11 Å². The van der Waals surface area contributed by atoms with Crippen LogP contribution >= 0.6 is 0 Å². The summed E-state index contributed by atoms with van der Waals surface area (Å²) in [6, 6.07) is 0. The van der Waals surface area contributed by atoms with E-state index >= 15 is 0 Å². The van der Waals surface area contributed by atoms with Crippen LogP contribution in [0.4, 0.5) is 17.1 Å². The molecular formula is C25H20N12O12. The smallest absolute Gasteiger partial charge is 0.358 e. The summed E-state index contributed by atoms with van der Waals surface area (Å²) < 4.78 is 11.8. The number of rotatable bonds is 6. The van der Waals surface area contributed by atoms with Gasteiger partial charge in [0.1, 0.15) is 35.5 Å². The van der Waals surface area contributed by atoms with Crippen LogP contribution < -0.4 is 0 Å². The number of carboxylic acid groups (broad SMARTS) is 1. The number of nitro groups is 3. The number of aryl methyl sites for hydroxylation is 2. The monoisotopic (exact) mass is 680 g/mol. The number of carbonyl (C=O) groups excluding carboxylic acids is 2. The number of H-pyrrole nitrogens is 1. The average Bonchev–Trinajstić information content (AvgIpc) is 3.78. The highest BCUT2D eigenvalue weighted by atomic mass is 16.6. The second kappa shape index (κ2) is 13.8. The number of hydrogen-bond donors (Lipinski definition) is 2. The van der Waals surface area contributed by atoms with Crippen molar-refractivity contribution in [2.75, 3.05) is 14.2 Å². The summed E-state index contributed by atoms with van der Waals surface area (Å²) in [5, 5.41) is 41.0. The Balaban J connectivity index is 0.000000166. The first-order valence-electron chi connectivity index (χ1n) is 13.0. The van der Waals surface area contributed by atoms with E-state index in [1.807, 2.05) is 0 Å². The standard InChI is InChI=1S/C9H8N4O4.2C8H6N4O4/c1-12-3-5(13(15)16)6-8(12)7(9(14)17-2)11-4-10-6;1-11-2-4(12(15)16)5-7(11)6(8(13)14)10-3-9-5;1-16-8(13)7-6-5(10-3-11-7)4(2-9-6)12(14)15/h3-4H,1-2H3;2-3H,1H3,(H,13,14);2-3,9H,1H3. The third-order valence-corrected chi connectivity index (χ3v) is 6.46. The van der Waals surface area contributed by atoms with Crippen LogP contribution in [0.25, 0.3) is 33.1 Å². The van der Waals surface area contributed by atoms with Crippen LogP contribution in [0.3, 0.4) is 0 Å². The summed E-state index contributed by atoms with van der Waals surface area (Å²) in [4.78, 5) is 89.0. The minimum absolute atomic E-state index is 0.00750. The highest BCUT2D eigenvalue weighted by molar-refractivity contribution is 6.03. The van der Waals surface area contributed by atoms with E-state index in [9.17, 15) is 44.7 Å². The molecule has 0 saturated heterocycles. The fraction of sp³-hybridized carbons (Fsp3) is 0.160. The maximum absolute atomic E-state index is 11.5. The number of nitrogens with one attached hydrogen (secondary N) is 1. The van der Waals surface area contributed by atoms with Crippen molar-refractivity contribution in [1.29, 1.82) is 0 Å². The quantitative estimate of drug-likeness (QED) is 0.144. The Morgan fingerprint density at radius 3 is 1.53 bits per heavy atom. The summed E-state index contributed by atoms with van der Waals surface area (Å²) in [5.74, 6) is -2.58. The molecule has 0 aliphatic heterocycles. The summed E-state index contributed by atoms with van der Waals surface area (Å²) >= 11 is 0. The third kappa shape index (κ3) is 6.57. The van der Waals surface area contributed by atoms with E-state index in [-0.39, 0.29) is 67.2 Å². The molecule has 24 heteroatoms. The van der Waals surface area contributed by atoms with E-state index in [0.717, 1.165) is 25.2 Å². The fourth-order valence-corrected chi connectivity index (χ4v) is 4.40. The van der Waals surface area contributed by atoms with Gasteiger partial charge in [-0.15, -0.1) is 0 Å². The van der Waals surface area contributed by atoms with Gasteiger partial charge in [-0.25, -0.2) is 44.3 Å². The van der Waals surface area contributed by atoms with Crippen LogP contribution in [0.2, 0.25) is 0 Å². The van der Waals surface area contributed by atoms with Crippen LogP contribution in [0.15, 0.2) is 37.6 Å². The van der Waals surface area contributed by atoms with Crippen LogP contribution in [0, 0.1) is 30.3 Å². The van der Waals surface area contributed by atoms with Crippen LogP contribution in [-0.4, -0.2) is 96.0 Å². The molecule has 6 rings (SSSR count). The number of esters is 2. The van der Waals surface area contributed by atoms with Crippen molar-refractivity contribution < 1.29 is 43.7 Å². The normalized spacial score (nSPS) is 10.4. The Morgan fingerprint density at radius 2 is 1.08 bits per heavy atom. The summed E-state index contributed by atoms with van der Waals surface area (Å²) in [6.45, 7) is 0. The number of aromatic carboxylic acids is 1. The third-order valence-electron chi connectivity index (χ3n) is 6.46. The number of fused-ring (bicyclic) bond motifs is 3. The molecule has 6 aromatic heterocycles.